The maximum absolute atomic E-state index is 11.7. The molecule has 0 aromatic heterocycles. The molecular formula is C26H32O7. The maximum atomic E-state index is 11.7. The van der Waals surface area contributed by atoms with Crippen LogP contribution < -0.4 is 9.47 Å². The number of benzene rings is 1. The van der Waals surface area contributed by atoms with Gasteiger partial charge in [0.15, 0.2) is 11.5 Å². The molecule has 2 saturated heterocycles. The highest BCUT2D eigenvalue weighted by Crippen LogP contribution is 2.49. The molecule has 0 radical (unpaired) electrons. The molecule has 33 heavy (non-hydrogen) atoms. The molecule has 1 N–H and O–H groups in total. The van der Waals surface area contributed by atoms with E-state index < -0.39 is 5.97 Å². The van der Waals surface area contributed by atoms with Gasteiger partial charge in [-0.25, -0.2) is 9.59 Å². The predicted octanol–water partition coefficient (Wildman–Crippen LogP) is 4.56. The van der Waals surface area contributed by atoms with E-state index in [0.29, 0.717) is 17.1 Å². The highest BCUT2D eigenvalue weighted by Gasteiger charge is 2.61. The first-order chi connectivity index (χ1) is 15.7. The summed E-state index contributed by atoms with van der Waals surface area (Å²) in [6.45, 7) is 8.17. The number of esters is 1. The number of carboxylic acids is 1. The molecule has 4 rings (SSSR count). The number of aliphatic carboxylic acids is 1. The standard InChI is InChI=1S/C15H20O3.C11H12O4/c1-9-5-4-8-15(3)13(18-15)12-11(7-6-9)10(2)14(16)17-12;1-14-9-5-3-8(4-6-11(12)13)7-10(9)15-2/h5,11-13H,2,4,6-8H2,1,3H3;3-7H,1-2H3,(H,12,13). The van der Waals surface area contributed by atoms with E-state index in [4.69, 9.17) is 24.1 Å². The Labute approximate surface area is 194 Å². The minimum absolute atomic E-state index is 0.0671. The minimum atomic E-state index is -0.982. The lowest BCUT2D eigenvalue weighted by Crippen LogP contribution is -2.28. The topological polar surface area (TPSA) is 94.6 Å². The van der Waals surface area contributed by atoms with E-state index in [1.807, 2.05) is 0 Å². The quantitative estimate of drug-likeness (QED) is 0.307. The van der Waals surface area contributed by atoms with Crippen LogP contribution in [0.1, 0.15) is 45.1 Å². The fourth-order valence-corrected chi connectivity index (χ4v) is 4.33. The molecule has 0 amide bonds. The highest BCUT2D eigenvalue weighted by molar-refractivity contribution is 5.91. The van der Waals surface area contributed by atoms with Crippen molar-refractivity contribution in [2.75, 3.05) is 14.2 Å². The van der Waals surface area contributed by atoms with Gasteiger partial charge in [0.2, 0.25) is 0 Å². The summed E-state index contributed by atoms with van der Waals surface area (Å²) in [5, 5.41) is 8.46. The zero-order valence-corrected chi connectivity index (χ0v) is 19.6. The number of methoxy groups -OCH3 is 2. The molecule has 0 bridgehead atoms. The number of ether oxygens (including phenoxy) is 4. The Morgan fingerprint density at radius 3 is 2.67 bits per heavy atom. The van der Waals surface area contributed by atoms with Crippen LogP contribution in [0, 0.1) is 5.92 Å². The lowest BCUT2D eigenvalue weighted by molar-refractivity contribution is -0.140. The average Bonchev–Trinajstić information content (AvgIpc) is 3.38. The molecule has 4 atom stereocenters. The third-order valence-electron chi connectivity index (χ3n) is 6.40. The van der Waals surface area contributed by atoms with Crippen LogP contribution in [0.25, 0.3) is 6.08 Å². The fraction of sp³-hybridized carbons (Fsp3) is 0.462. The van der Waals surface area contributed by atoms with Crippen LogP contribution in [0.2, 0.25) is 0 Å². The van der Waals surface area contributed by atoms with Gasteiger partial charge in [0.05, 0.1) is 19.8 Å². The number of carboxylic acid groups (broad SMARTS) is 1. The lowest BCUT2D eigenvalue weighted by Gasteiger charge is -2.19. The van der Waals surface area contributed by atoms with Gasteiger partial charge in [0.25, 0.3) is 0 Å². The van der Waals surface area contributed by atoms with Gasteiger partial charge in [0, 0.05) is 17.6 Å². The Morgan fingerprint density at radius 1 is 1.27 bits per heavy atom. The summed E-state index contributed by atoms with van der Waals surface area (Å²) < 4.78 is 21.4. The smallest absolute Gasteiger partial charge is 0.334 e. The van der Waals surface area contributed by atoms with Crippen LogP contribution in [0.3, 0.4) is 0 Å². The Balaban J connectivity index is 0.000000190. The number of carbonyl (C=O) groups is 2. The second-order valence-corrected chi connectivity index (χ2v) is 8.77. The van der Waals surface area contributed by atoms with Gasteiger partial charge >= 0.3 is 11.9 Å². The van der Waals surface area contributed by atoms with Crippen molar-refractivity contribution in [2.45, 2.75) is 57.3 Å². The highest BCUT2D eigenvalue weighted by atomic mass is 16.6. The number of fused-ring (bicyclic) bond motifs is 3. The zero-order valence-electron chi connectivity index (χ0n) is 19.6. The number of carbonyl (C=O) groups excluding carboxylic acids is 1. The monoisotopic (exact) mass is 456 g/mol. The van der Waals surface area contributed by atoms with Gasteiger partial charge < -0.3 is 24.1 Å². The van der Waals surface area contributed by atoms with Crippen molar-refractivity contribution in [3.8, 4) is 11.5 Å². The fourth-order valence-electron chi connectivity index (χ4n) is 4.33. The Bertz CT molecular complexity index is 977. The Hall–Kier alpha value is -3.06. The van der Waals surface area contributed by atoms with E-state index in [9.17, 15) is 9.59 Å². The van der Waals surface area contributed by atoms with Crippen molar-refractivity contribution >= 4 is 18.0 Å². The van der Waals surface area contributed by atoms with E-state index in [1.165, 1.54) is 18.8 Å². The van der Waals surface area contributed by atoms with Crippen molar-refractivity contribution in [3.63, 3.8) is 0 Å². The van der Waals surface area contributed by atoms with Crippen molar-refractivity contribution < 1.29 is 33.6 Å². The second-order valence-electron chi connectivity index (χ2n) is 8.77. The zero-order chi connectivity index (χ0) is 24.2. The van der Waals surface area contributed by atoms with E-state index in [0.717, 1.165) is 37.3 Å². The molecule has 2 aliphatic heterocycles. The van der Waals surface area contributed by atoms with Gasteiger partial charge in [-0.2, -0.15) is 0 Å². The molecule has 3 aliphatic rings. The Kier molecular flexibility index (Phi) is 7.64. The first kappa shape index (κ1) is 24.6. The van der Waals surface area contributed by atoms with Crippen LogP contribution in [0.4, 0.5) is 0 Å². The third-order valence-corrected chi connectivity index (χ3v) is 6.40. The lowest BCUT2D eigenvalue weighted by atomic mass is 9.84. The van der Waals surface area contributed by atoms with E-state index in [-0.39, 0.29) is 29.7 Å². The minimum Gasteiger partial charge on any atom is -0.493 e. The number of hydrogen-bond donors (Lipinski definition) is 1. The van der Waals surface area contributed by atoms with Gasteiger partial charge in [0.1, 0.15) is 12.2 Å². The molecule has 2 fully saturated rings. The largest absolute Gasteiger partial charge is 0.493 e. The number of hydrogen-bond acceptors (Lipinski definition) is 6. The van der Waals surface area contributed by atoms with Gasteiger partial charge in [-0.3, -0.25) is 0 Å². The molecule has 4 unspecified atom stereocenters. The number of rotatable bonds is 4. The molecule has 0 saturated carbocycles. The maximum Gasteiger partial charge on any atom is 0.334 e. The molecule has 7 nitrogen and oxygen atoms in total. The summed E-state index contributed by atoms with van der Waals surface area (Å²) in [6.07, 6.45) is 8.82. The van der Waals surface area contributed by atoms with Crippen molar-refractivity contribution in [1.29, 1.82) is 0 Å². The van der Waals surface area contributed by atoms with Crippen LogP contribution in [-0.4, -0.2) is 49.1 Å². The van der Waals surface area contributed by atoms with Crippen LogP contribution >= 0.6 is 0 Å². The molecule has 1 aliphatic carbocycles. The summed E-state index contributed by atoms with van der Waals surface area (Å²) in [4.78, 5) is 22.0. The van der Waals surface area contributed by atoms with Crippen LogP contribution in [0.5, 0.6) is 11.5 Å². The number of epoxide rings is 1. The molecule has 1 aromatic rings. The number of allylic oxidation sites excluding steroid dienone is 2. The van der Waals surface area contributed by atoms with Gasteiger partial charge in [-0.15, -0.1) is 0 Å². The van der Waals surface area contributed by atoms with E-state index in [1.54, 1.807) is 25.3 Å². The third kappa shape index (κ3) is 5.85. The van der Waals surface area contributed by atoms with E-state index in [2.05, 4.69) is 26.5 Å². The first-order valence-corrected chi connectivity index (χ1v) is 11.0. The van der Waals surface area contributed by atoms with Crippen molar-refractivity contribution in [1.82, 2.24) is 0 Å². The Morgan fingerprint density at radius 2 is 2.00 bits per heavy atom. The average molecular weight is 457 g/mol. The molecule has 7 heteroatoms. The normalized spacial score (nSPS) is 28.5. The predicted molar refractivity (Wildman–Crippen MR) is 124 cm³/mol. The molecule has 178 valence electrons. The summed E-state index contributed by atoms with van der Waals surface area (Å²) in [5.41, 5.74) is 2.66. The van der Waals surface area contributed by atoms with Gasteiger partial charge in [-0.05, 0) is 63.3 Å². The SMILES string of the molecule is C=C1C(=O)OC2C1CCC(C)=CCCC1(C)OC21.COc1ccc(C=CC(=O)O)cc1OC. The van der Waals surface area contributed by atoms with E-state index >= 15 is 0 Å². The van der Waals surface area contributed by atoms with Crippen LogP contribution in [-0.2, 0) is 19.1 Å². The van der Waals surface area contributed by atoms with Crippen molar-refractivity contribution in [2.24, 2.45) is 5.92 Å². The summed E-state index contributed by atoms with van der Waals surface area (Å²) in [6, 6.07) is 5.18. The summed E-state index contributed by atoms with van der Waals surface area (Å²) in [7, 11) is 3.08. The summed E-state index contributed by atoms with van der Waals surface area (Å²) in [5.74, 6) is 0.106. The first-order valence-electron chi connectivity index (χ1n) is 11.0. The molecule has 2 heterocycles. The second kappa shape index (κ2) is 10.3. The van der Waals surface area contributed by atoms with Gasteiger partial charge in [-0.1, -0.05) is 24.3 Å². The summed E-state index contributed by atoms with van der Waals surface area (Å²) >= 11 is 0. The molecule has 1 aromatic carbocycles. The molecular weight excluding hydrogens is 424 g/mol. The van der Waals surface area contributed by atoms with Crippen LogP contribution in [0.15, 0.2) is 48.1 Å². The van der Waals surface area contributed by atoms with Crippen molar-refractivity contribution in [3.05, 3.63) is 53.6 Å². The molecule has 0 spiro atoms.